The molecule has 0 aliphatic carbocycles. The summed E-state index contributed by atoms with van der Waals surface area (Å²) in [6.45, 7) is 10.9. The van der Waals surface area contributed by atoms with E-state index in [0.29, 0.717) is 0 Å². The number of halogens is 2. The summed E-state index contributed by atoms with van der Waals surface area (Å²) in [5.41, 5.74) is 7.24. The van der Waals surface area contributed by atoms with Crippen molar-refractivity contribution < 1.29 is 13.4 Å². The van der Waals surface area contributed by atoms with E-state index in [1.807, 2.05) is 0 Å². The van der Waals surface area contributed by atoms with Gasteiger partial charge in [-0.2, -0.15) is 4.67 Å². The summed E-state index contributed by atoms with van der Waals surface area (Å²) in [5, 5.41) is 2.68. The Morgan fingerprint density at radius 2 is 1.03 bits per heavy atom. The Hall–Kier alpha value is -2.11. The molecule has 6 heteroatoms. The predicted molar refractivity (Wildman–Crippen MR) is 159 cm³/mol. The zero-order chi connectivity index (χ0) is 26.1. The Balaban J connectivity index is 0.00000115. The number of hydrogen-bond donors (Lipinski definition) is 0. The second kappa shape index (κ2) is 14.0. The van der Waals surface area contributed by atoms with Crippen LogP contribution in [0.3, 0.4) is 0 Å². The number of nitrogens with zero attached hydrogens (tertiary/aromatic N) is 2. The van der Waals surface area contributed by atoms with Crippen LogP contribution in [0, 0.1) is 27.7 Å². The molecular formula is C30H32Cl2CrN2P+. The van der Waals surface area contributed by atoms with Gasteiger partial charge < -0.3 is 0 Å². The van der Waals surface area contributed by atoms with Crippen LogP contribution in [-0.4, -0.2) is 5.84 Å². The van der Waals surface area contributed by atoms with Gasteiger partial charge in [-0.25, -0.2) is 4.99 Å². The van der Waals surface area contributed by atoms with Crippen molar-refractivity contribution in [2.24, 2.45) is 4.99 Å². The standard InChI is InChI=1S/C30H31N2P.2ClH.Cr/c1-22-14-12-15-23(2)29(22)31-26(5)32(30-24(3)16-13-17-25(30)4)33(27-18-8-6-9-19-27)28-20-10-7-11-21-28;;;/h6-21H,1-5H3;2*1H;/q;;;+2/p-1. The SMILES string of the molecule is CC(=Nc1c(C)cccc1C)N(c1c(C)cccc1C)[PH+](c1ccccc1)c1ccccc1.[Cl][Cr][Cl]. The Morgan fingerprint density at radius 3 is 1.44 bits per heavy atom. The molecule has 0 unspecified atom stereocenters. The summed E-state index contributed by atoms with van der Waals surface area (Å²) in [4.78, 5) is 5.26. The summed E-state index contributed by atoms with van der Waals surface area (Å²) >= 11 is -0.181. The molecule has 0 amide bonds. The number of anilines is 1. The van der Waals surface area contributed by atoms with Crippen LogP contribution >= 0.6 is 28.2 Å². The molecule has 0 N–H and O–H groups in total. The number of aryl methyl sites for hydroxylation is 4. The molecule has 0 spiro atoms. The van der Waals surface area contributed by atoms with Gasteiger partial charge >= 0.3 is 33.5 Å². The van der Waals surface area contributed by atoms with E-state index in [0.717, 1.165) is 11.5 Å². The van der Waals surface area contributed by atoms with E-state index < -0.39 is 8.07 Å². The maximum atomic E-state index is 5.26. The van der Waals surface area contributed by atoms with Crippen molar-refractivity contribution in [3.8, 4) is 0 Å². The third kappa shape index (κ3) is 7.01. The first-order valence-electron chi connectivity index (χ1n) is 11.7. The van der Waals surface area contributed by atoms with Crippen molar-refractivity contribution in [1.82, 2.24) is 0 Å². The van der Waals surface area contributed by atoms with Crippen LogP contribution in [0.1, 0.15) is 29.2 Å². The second-order valence-corrected chi connectivity index (χ2v) is 13.0. The number of aliphatic imine (C=N–C) groups is 1. The van der Waals surface area contributed by atoms with E-state index in [9.17, 15) is 0 Å². The molecule has 4 aromatic carbocycles. The minimum atomic E-state index is -1.38. The molecule has 0 aliphatic heterocycles. The molecule has 0 heterocycles. The van der Waals surface area contributed by atoms with E-state index in [1.165, 1.54) is 38.6 Å². The van der Waals surface area contributed by atoms with Crippen molar-refractivity contribution in [3.63, 3.8) is 0 Å². The van der Waals surface area contributed by atoms with Gasteiger partial charge in [0, 0.05) is 0 Å². The Kier molecular flexibility index (Phi) is 11.1. The van der Waals surface area contributed by atoms with Gasteiger partial charge in [-0.1, -0.05) is 72.8 Å². The Bertz CT molecular complexity index is 1220. The minimum absolute atomic E-state index is 0.181. The van der Waals surface area contributed by atoms with E-state index in [4.69, 9.17) is 25.1 Å². The first-order valence-corrected chi connectivity index (χ1v) is 16.7. The maximum absolute atomic E-state index is 5.26. The van der Waals surface area contributed by atoms with Gasteiger partial charge in [-0.15, -0.1) is 0 Å². The van der Waals surface area contributed by atoms with E-state index in [1.54, 1.807) is 0 Å². The molecule has 4 aromatic rings. The fraction of sp³-hybridized carbons (Fsp3) is 0.167. The van der Waals surface area contributed by atoms with Gasteiger partial charge in [0.05, 0.1) is 11.4 Å². The summed E-state index contributed by atoms with van der Waals surface area (Å²) in [5.74, 6) is 1.02. The zero-order valence-corrected chi connectivity index (χ0v) is 25.1. The normalized spacial score (nSPS) is 11.2. The number of amidine groups is 1. The van der Waals surface area contributed by atoms with Crippen LogP contribution in [0.25, 0.3) is 0 Å². The van der Waals surface area contributed by atoms with Gasteiger partial charge in [-0.05, 0) is 81.1 Å². The third-order valence-electron chi connectivity index (χ3n) is 6.02. The molecule has 0 aliphatic rings. The molecule has 0 atom stereocenters. The molecule has 0 saturated heterocycles. The van der Waals surface area contributed by atoms with Gasteiger partial charge in [0.25, 0.3) is 0 Å². The molecule has 2 nitrogen and oxygen atoms in total. The van der Waals surface area contributed by atoms with Crippen LogP contribution in [0.15, 0.2) is 102 Å². The van der Waals surface area contributed by atoms with Crippen LogP contribution in [0.4, 0.5) is 11.4 Å². The second-order valence-electron chi connectivity index (χ2n) is 8.61. The molecule has 186 valence electrons. The van der Waals surface area contributed by atoms with Gasteiger partial charge in [0.1, 0.15) is 16.4 Å². The topological polar surface area (TPSA) is 15.6 Å². The quantitative estimate of drug-likeness (QED) is 0.132. The summed E-state index contributed by atoms with van der Waals surface area (Å²) in [6.07, 6.45) is 0. The number of hydrogen-bond acceptors (Lipinski definition) is 1. The van der Waals surface area contributed by atoms with Crippen LogP contribution < -0.4 is 15.3 Å². The number of rotatable bonds is 5. The van der Waals surface area contributed by atoms with Gasteiger partial charge in [0.15, 0.2) is 8.07 Å². The molecule has 36 heavy (non-hydrogen) atoms. The first kappa shape index (κ1) is 28.5. The van der Waals surface area contributed by atoms with Gasteiger partial charge in [-0.3, -0.25) is 0 Å². The third-order valence-corrected chi connectivity index (χ3v) is 8.77. The van der Waals surface area contributed by atoms with Crippen molar-refractivity contribution in [3.05, 3.63) is 119 Å². The zero-order valence-electron chi connectivity index (χ0n) is 21.3. The van der Waals surface area contributed by atoms with Crippen LogP contribution in [0.2, 0.25) is 0 Å². The first-order chi connectivity index (χ1) is 17.4. The summed E-state index contributed by atoms with van der Waals surface area (Å²) < 4.78 is 2.52. The predicted octanol–water partition coefficient (Wildman–Crippen LogP) is 8.63. The Labute approximate surface area is 231 Å². The number of para-hydroxylation sites is 2. The monoisotopic (exact) mass is 573 g/mol. The fourth-order valence-corrected chi connectivity index (χ4v) is 7.22. The van der Waals surface area contributed by atoms with E-state index >= 15 is 0 Å². The van der Waals surface area contributed by atoms with Gasteiger partial charge in [0.2, 0.25) is 0 Å². The number of benzene rings is 4. The molecule has 0 bridgehead atoms. The van der Waals surface area contributed by atoms with Crippen molar-refractivity contribution in [2.75, 3.05) is 4.67 Å². The molecule has 0 fully saturated rings. The summed E-state index contributed by atoms with van der Waals surface area (Å²) in [6, 6.07) is 34.7. The fourth-order valence-electron chi connectivity index (χ4n) is 4.40. The van der Waals surface area contributed by atoms with Crippen LogP contribution in [0.5, 0.6) is 0 Å². The van der Waals surface area contributed by atoms with Crippen molar-refractivity contribution in [2.45, 2.75) is 34.6 Å². The average Bonchev–Trinajstić information content (AvgIpc) is 2.87. The van der Waals surface area contributed by atoms with Crippen LogP contribution in [-0.2, 0) is 13.4 Å². The van der Waals surface area contributed by atoms with E-state index in [2.05, 4.69) is 136 Å². The molecule has 0 saturated carbocycles. The van der Waals surface area contributed by atoms with Crippen molar-refractivity contribution in [1.29, 1.82) is 0 Å². The van der Waals surface area contributed by atoms with Crippen molar-refractivity contribution >= 4 is 56.0 Å². The molecule has 0 aromatic heterocycles. The Morgan fingerprint density at radius 1 is 0.639 bits per heavy atom. The molecular weight excluding hydrogens is 542 g/mol. The average molecular weight is 574 g/mol. The molecule has 4 rings (SSSR count). The summed E-state index contributed by atoms with van der Waals surface area (Å²) in [7, 11) is 8.28. The molecule has 0 radical (unpaired) electrons. The van der Waals surface area contributed by atoms with E-state index in [-0.39, 0.29) is 13.4 Å².